The SMILES string of the molecule is CC(NC(C)(C)C)c1cc(Cl)cc(OC(F)(F)F)c1. The van der Waals surface area contributed by atoms with E-state index in [9.17, 15) is 13.2 Å². The number of benzene rings is 1. The van der Waals surface area contributed by atoms with Gasteiger partial charge in [-0.1, -0.05) is 11.6 Å². The highest BCUT2D eigenvalue weighted by Crippen LogP contribution is 2.29. The van der Waals surface area contributed by atoms with E-state index in [1.54, 1.807) is 6.07 Å². The highest BCUT2D eigenvalue weighted by atomic mass is 35.5. The van der Waals surface area contributed by atoms with Crippen LogP contribution in [0.2, 0.25) is 5.02 Å². The van der Waals surface area contributed by atoms with Crippen molar-refractivity contribution in [2.75, 3.05) is 0 Å². The zero-order chi connectivity index (χ0) is 14.8. The van der Waals surface area contributed by atoms with Gasteiger partial charge in [-0.2, -0.15) is 0 Å². The van der Waals surface area contributed by atoms with E-state index >= 15 is 0 Å². The molecule has 0 amide bonds. The fraction of sp³-hybridized carbons (Fsp3) is 0.538. The van der Waals surface area contributed by atoms with Crippen LogP contribution < -0.4 is 10.1 Å². The number of ether oxygens (including phenoxy) is 1. The number of hydrogen-bond donors (Lipinski definition) is 1. The lowest BCUT2D eigenvalue weighted by molar-refractivity contribution is -0.274. The predicted octanol–water partition coefficient (Wildman–Crippen LogP) is 4.69. The Morgan fingerprint density at radius 2 is 1.74 bits per heavy atom. The van der Waals surface area contributed by atoms with Crippen LogP contribution >= 0.6 is 11.6 Å². The smallest absolute Gasteiger partial charge is 0.406 e. The molecule has 1 aromatic carbocycles. The fourth-order valence-corrected chi connectivity index (χ4v) is 1.99. The van der Waals surface area contributed by atoms with Gasteiger partial charge in [0.15, 0.2) is 0 Å². The third-order valence-corrected chi connectivity index (χ3v) is 2.49. The van der Waals surface area contributed by atoms with Crippen LogP contribution in [0.3, 0.4) is 0 Å². The molecule has 0 radical (unpaired) electrons. The molecule has 0 heterocycles. The molecule has 0 aliphatic carbocycles. The molecular weight excluding hydrogens is 279 g/mol. The van der Waals surface area contributed by atoms with Gasteiger partial charge in [0.05, 0.1) is 0 Å². The number of hydrogen-bond acceptors (Lipinski definition) is 2. The topological polar surface area (TPSA) is 21.3 Å². The summed E-state index contributed by atoms with van der Waals surface area (Å²) in [5.74, 6) is -0.308. The highest BCUT2D eigenvalue weighted by molar-refractivity contribution is 6.30. The van der Waals surface area contributed by atoms with Crippen molar-refractivity contribution >= 4 is 11.6 Å². The van der Waals surface area contributed by atoms with Crippen LogP contribution in [0.15, 0.2) is 18.2 Å². The molecule has 0 aliphatic rings. The Morgan fingerprint density at radius 3 is 2.21 bits per heavy atom. The summed E-state index contributed by atoms with van der Waals surface area (Å²) in [5.41, 5.74) is 0.481. The number of halogens is 4. The zero-order valence-electron chi connectivity index (χ0n) is 11.2. The molecule has 1 unspecified atom stereocenters. The summed E-state index contributed by atoms with van der Waals surface area (Å²) < 4.78 is 40.5. The van der Waals surface area contributed by atoms with E-state index in [0.29, 0.717) is 5.56 Å². The van der Waals surface area contributed by atoms with E-state index in [-0.39, 0.29) is 22.4 Å². The fourth-order valence-electron chi connectivity index (χ4n) is 1.76. The average molecular weight is 296 g/mol. The van der Waals surface area contributed by atoms with E-state index < -0.39 is 6.36 Å². The Labute approximate surface area is 115 Å². The quantitative estimate of drug-likeness (QED) is 0.873. The van der Waals surface area contributed by atoms with E-state index in [4.69, 9.17) is 11.6 Å². The summed E-state index contributed by atoms with van der Waals surface area (Å²) in [6, 6.07) is 3.95. The third kappa shape index (κ3) is 6.16. The number of alkyl halides is 3. The molecule has 19 heavy (non-hydrogen) atoms. The normalized spacial score (nSPS) is 14.3. The first kappa shape index (κ1) is 16.1. The first-order chi connectivity index (χ1) is 8.46. The van der Waals surface area contributed by atoms with Crippen molar-refractivity contribution in [3.05, 3.63) is 28.8 Å². The van der Waals surface area contributed by atoms with Gasteiger partial charge in [0.25, 0.3) is 0 Å². The summed E-state index contributed by atoms with van der Waals surface area (Å²) in [7, 11) is 0. The molecule has 6 heteroatoms. The Balaban J connectivity index is 2.96. The highest BCUT2D eigenvalue weighted by Gasteiger charge is 2.31. The lowest BCUT2D eigenvalue weighted by Crippen LogP contribution is -2.37. The molecule has 1 atom stereocenters. The lowest BCUT2D eigenvalue weighted by atomic mass is 10.0. The van der Waals surface area contributed by atoms with E-state index in [1.165, 1.54) is 6.07 Å². The minimum Gasteiger partial charge on any atom is -0.406 e. The monoisotopic (exact) mass is 295 g/mol. The van der Waals surface area contributed by atoms with Crippen LogP contribution in [0.1, 0.15) is 39.3 Å². The van der Waals surface area contributed by atoms with Crippen molar-refractivity contribution < 1.29 is 17.9 Å². The molecule has 0 saturated carbocycles. The molecule has 0 spiro atoms. The van der Waals surface area contributed by atoms with E-state index in [2.05, 4.69) is 10.1 Å². The van der Waals surface area contributed by atoms with Crippen molar-refractivity contribution in [3.63, 3.8) is 0 Å². The van der Waals surface area contributed by atoms with Gasteiger partial charge in [0.2, 0.25) is 0 Å². The second kappa shape index (κ2) is 5.59. The molecule has 0 bridgehead atoms. The molecular formula is C13H17ClF3NO. The van der Waals surface area contributed by atoms with Gasteiger partial charge >= 0.3 is 6.36 Å². The van der Waals surface area contributed by atoms with Crippen molar-refractivity contribution in [3.8, 4) is 5.75 Å². The molecule has 1 aromatic rings. The average Bonchev–Trinajstić information content (AvgIpc) is 2.10. The molecule has 2 nitrogen and oxygen atoms in total. The van der Waals surface area contributed by atoms with Crippen molar-refractivity contribution in [1.29, 1.82) is 0 Å². The maximum Gasteiger partial charge on any atom is 0.573 e. The lowest BCUT2D eigenvalue weighted by Gasteiger charge is -2.26. The summed E-state index contributed by atoms with van der Waals surface area (Å²) in [6.07, 6.45) is -4.72. The molecule has 0 aliphatic heterocycles. The summed E-state index contributed by atoms with van der Waals surface area (Å²) >= 11 is 5.82. The van der Waals surface area contributed by atoms with Crippen LogP contribution in [-0.4, -0.2) is 11.9 Å². The molecule has 0 saturated heterocycles. The second-order valence-electron chi connectivity index (χ2n) is 5.38. The number of rotatable bonds is 3. The van der Waals surface area contributed by atoms with E-state index in [0.717, 1.165) is 6.07 Å². The van der Waals surface area contributed by atoms with Gasteiger partial charge in [0.1, 0.15) is 5.75 Å². The Kier molecular flexibility index (Phi) is 4.74. The first-order valence-corrected chi connectivity index (χ1v) is 6.18. The minimum atomic E-state index is -4.72. The van der Waals surface area contributed by atoms with Crippen molar-refractivity contribution in [2.45, 2.75) is 45.6 Å². The second-order valence-corrected chi connectivity index (χ2v) is 5.82. The summed E-state index contributed by atoms with van der Waals surface area (Å²) in [5, 5.41) is 3.46. The maximum atomic E-state index is 12.2. The Bertz CT molecular complexity index is 440. The zero-order valence-corrected chi connectivity index (χ0v) is 12.0. The van der Waals surface area contributed by atoms with Crippen LogP contribution in [0, 0.1) is 0 Å². The molecule has 0 fully saturated rings. The van der Waals surface area contributed by atoms with Gasteiger partial charge < -0.3 is 10.1 Å². The Hall–Kier alpha value is -0.940. The van der Waals surface area contributed by atoms with Gasteiger partial charge in [-0.15, -0.1) is 13.2 Å². The van der Waals surface area contributed by atoms with Crippen LogP contribution in [0.5, 0.6) is 5.75 Å². The van der Waals surface area contributed by atoms with Gasteiger partial charge in [-0.25, -0.2) is 0 Å². The van der Waals surface area contributed by atoms with Gasteiger partial charge in [-0.05, 0) is 51.5 Å². The van der Waals surface area contributed by atoms with Crippen LogP contribution in [0.4, 0.5) is 13.2 Å². The van der Waals surface area contributed by atoms with Crippen LogP contribution in [0.25, 0.3) is 0 Å². The largest absolute Gasteiger partial charge is 0.573 e. The molecule has 1 N–H and O–H groups in total. The molecule has 0 aromatic heterocycles. The van der Waals surface area contributed by atoms with Gasteiger partial charge in [-0.3, -0.25) is 0 Å². The standard InChI is InChI=1S/C13H17ClF3NO/c1-8(18-12(2,3)4)9-5-10(14)7-11(6-9)19-13(15,16)17/h5-8,18H,1-4H3. The van der Waals surface area contributed by atoms with Crippen LogP contribution in [-0.2, 0) is 0 Å². The maximum absolute atomic E-state index is 12.2. The Morgan fingerprint density at radius 1 is 1.16 bits per heavy atom. The van der Waals surface area contributed by atoms with Crippen molar-refractivity contribution in [1.82, 2.24) is 5.32 Å². The van der Waals surface area contributed by atoms with Gasteiger partial charge in [0, 0.05) is 16.6 Å². The first-order valence-electron chi connectivity index (χ1n) is 5.80. The number of nitrogens with one attached hydrogen (secondary N) is 1. The predicted molar refractivity (Wildman–Crippen MR) is 69.4 cm³/mol. The summed E-state index contributed by atoms with van der Waals surface area (Å²) in [4.78, 5) is 0. The van der Waals surface area contributed by atoms with Crippen molar-refractivity contribution in [2.24, 2.45) is 0 Å². The molecule has 108 valence electrons. The minimum absolute atomic E-state index is 0.144. The summed E-state index contributed by atoms with van der Waals surface area (Å²) in [6.45, 7) is 7.78. The molecule has 1 rings (SSSR count). The third-order valence-electron chi connectivity index (χ3n) is 2.28. The van der Waals surface area contributed by atoms with E-state index in [1.807, 2.05) is 27.7 Å².